The number of allylic oxidation sites excluding steroid dienone is 1. The van der Waals surface area contributed by atoms with Crippen LogP contribution in [0.5, 0.6) is 5.75 Å². The van der Waals surface area contributed by atoms with Gasteiger partial charge in [-0.05, 0) is 65.0 Å². The molecule has 0 unspecified atom stereocenters. The molecule has 0 heterocycles. The van der Waals surface area contributed by atoms with Crippen LogP contribution >= 0.6 is 15.9 Å². The molecule has 1 nitrogen and oxygen atoms in total. The maximum Gasteiger partial charge on any atom is 0.165 e. The molecule has 0 N–H and O–H groups in total. The number of hydrogen-bond donors (Lipinski definition) is 0. The monoisotopic (exact) mass is 316 g/mol. The molecule has 0 bridgehead atoms. The predicted octanol–water partition coefficient (Wildman–Crippen LogP) is 5.24. The number of benzene rings is 2. The van der Waals surface area contributed by atoms with E-state index < -0.39 is 0 Å². The summed E-state index contributed by atoms with van der Waals surface area (Å²) in [5.74, 6) is 0.864. The molecule has 2 heteroatoms. The van der Waals surface area contributed by atoms with Crippen molar-refractivity contribution in [2.24, 2.45) is 0 Å². The molecule has 0 aromatic heterocycles. The van der Waals surface area contributed by atoms with Crippen LogP contribution in [0.25, 0.3) is 0 Å². The second-order valence-corrected chi connectivity index (χ2v) is 5.23. The molecule has 0 radical (unpaired) electrons. The zero-order valence-corrected chi connectivity index (χ0v) is 12.6. The van der Waals surface area contributed by atoms with Gasteiger partial charge in [0.2, 0.25) is 0 Å². The summed E-state index contributed by atoms with van der Waals surface area (Å²) in [5, 5.41) is 0. The van der Waals surface area contributed by atoms with Crippen molar-refractivity contribution in [1.82, 2.24) is 0 Å². The summed E-state index contributed by atoms with van der Waals surface area (Å²) in [6, 6.07) is 18.5. The minimum Gasteiger partial charge on any atom is -0.450 e. The van der Waals surface area contributed by atoms with Crippen LogP contribution < -0.4 is 4.74 Å². The van der Waals surface area contributed by atoms with E-state index >= 15 is 0 Å². The van der Waals surface area contributed by atoms with E-state index in [4.69, 9.17) is 4.74 Å². The Bertz CT molecular complexity index is 546. The van der Waals surface area contributed by atoms with Crippen molar-refractivity contribution in [2.45, 2.75) is 19.8 Å². The van der Waals surface area contributed by atoms with E-state index in [1.165, 1.54) is 11.1 Å². The summed E-state index contributed by atoms with van der Waals surface area (Å²) in [4.78, 5) is 0. The Morgan fingerprint density at radius 1 is 1.11 bits per heavy atom. The normalized spacial score (nSPS) is 11.4. The molecule has 0 aliphatic rings. The Kier molecular flexibility index (Phi) is 5.22. The number of hydrogen-bond acceptors (Lipinski definition) is 1. The highest BCUT2D eigenvalue weighted by Crippen LogP contribution is 2.19. The van der Waals surface area contributed by atoms with E-state index in [0.717, 1.165) is 23.3 Å². The van der Waals surface area contributed by atoms with Crippen molar-refractivity contribution in [1.29, 1.82) is 0 Å². The fraction of sp³-hybridized carbons (Fsp3) is 0.176. The molecule has 0 saturated carbocycles. The van der Waals surface area contributed by atoms with Crippen LogP contribution in [-0.4, -0.2) is 0 Å². The highest BCUT2D eigenvalue weighted by molar-refractivity contribution is 9.11. The van der Waals surface area contributed by atoms with Gasteiger partial charge in [0.05, 0.1) is 0 Å². The van der Waals surface area contributed by atoms with Crippen molar-refractivity contribution >= 4 is 15.9 Å². The largest absolute Gasteiger partial charge is 0.450 e. The van der Waals surface area contributed by atoms with Crippen LogP contribution in [0.1, 0.15) is 17.5 Å². The minimum atomic E-state index is 0.772. The van der Waals surface area contributed by atoms with Gasteiger partial charge >= 0.3 is 0 Å². The van der Waals surface area contributed by atoms with Crippen LogP contribution in [0.3, 0.4) is 0 Å². The van der Waals surface area contributed by atoms with Gasteiger partial charge in [0.25, 0.3) is 0 Å². The first-order valence-corrected chi connectivity index (χ1v) is 7.17. The van der Waals surface area contributed by atoms with Crippen molar-refractivity contribution in [3.05, 3.63) is 76.5 Å². The van der Waals surface area contributed by atoms with Gasteiger partial charge in [0, 0.05) is 0 Å². The number of halogens is 1. The Balaban J connectivity index is 1.86. The summed E-state index contributed by atoms with van der Waals surface area (Å²) >= 11 is 3.45. The predicted molar refractivity (Wildman–Crippen MR) is 83.6 cm³/mol. The van der Waals surface area contributed by atoms with Crippen molar-refractivity contribution < 1.29 is 4.74 Å². The van der Waals surface area contributed by atoms with Gasteiger partial charge < -0.3 is 4.74 Å². The van der Waals surface area contributed by atoms with E-state index in [-0.39, 0.29) is 0 Å². The van der Waals surface area contributed by atoms with Crippen molar-refractivity contribution in [3.63, 3.8) is 0 Å². The molecule has 0 spiro atoms. The Hall–Kier alpha value is -1.54. The minimum absolute atomic E-state index is 0.772. The van der Waals surface area contributed by atoms with E-state index in [1.807, 2.05) is 24.3 Å². The average molecular weight is 317 g/mol. The van der Waals surface area contributed by atoms with Crippen molar-refractivity contribution in [3.8, 4) is 5.75 Å². The van der Waals surface area contributed by atoms with E-state index in [1.54, 1.807) is 0 Å². The summed E-state index contributed by atoms with van der Waals surface area (Å²) in [7, 11) is 0. The lowest BCUT2D eigenvalue weighted by molar-refractivity contribution is 0.466. The van der Waals surface area contributed by atoms with Gasteiger partial charge in [0.15, 0.2) is 4.67 Å². The summed E-state index contributed by atoms with van der Waals surface area (Å²) < 4.78 is 6.48. The van der Waals surface area contributed by atoms with Crippen LogP contribution in [-0.2, 0) is 6.42 Å². The molecule has 19 heavy (non-hydrogen) atoms. The van der Waals surface area contributed by atoms with Gasteiger partial charge in [-0.2, -0.15) is 0 Å². The van der Waals surface area contributed by atoms with Crippen LogP contribution in [0.2, 0.25) is 0 Å². The first-order chi connectivity index (χ1) is 9.24. The lowest BCUT2D eigenvalue weighted by atomic mass is 10.1. The van der Waals surface area contributed by atoms with E-state index in [2.05, 4.69) is 59.3 Å². The van der Waals surface area contributed by atoms with Gasteiger partial charge in [-0.15, -0.1) is 0 Å². The molecule has 0 aliphatic carbocycles. The smallest absolute Gasteiger partial charge is 0.165 e. The number of rotatable bonds is 5. The van der Waals surface area contributed by atoms with Crippen molar-refractivity contribution in [2.75, 3.05) is 0 Å². The summed E-state index contributed by atoms with van der Waals surface area (Å²) in [6.45, 7) is 2.06. The third-order valence-electron chi connectivity index (χ3n) is 2.79. The lowest BCUT2D eigenvalue weighted by Gasteiger charge is -2.05. The lowest BCUT2D eigenvalue weighted by Crippen LogP contribution is -1.89. The van der Waals surface area contributed by atoms with Gasteiger partial charge in [-0.1, -0.05) is 42.5 Å². The zero-order chi connectivity index (χ0) is 13.5. The molecule has 98 valence electrons. The molecule has 2 aromatic rings. The van der Waals surface area contributed by atoms with Crippen LogP contribution in [0, 0.1) is 6.92 Å². The maximum atomic E-state index is 5.71. The van der Waals surface area contributed by atoms with Gasteiger partial charge in [-0.25, -0.2) is 0 Å². The Morgan fingerprint density at radius 2 is 1.89 bits per heavy atom. The summed E-state index contributed by atoms with van der Waals surface area (Å²) in [6.07, 6.45) is 4.04. The Morgan fingerprint density at radius 3 is 2.63 bits per heavy atom. The highest BCUT2D eigenvalue weighted by Gasteiger charge is 1.97. The molecular formula is C17H17BrO. The quantitative estimate of drug-likeness (QED) is 0.685. The second kappa shape index (κ2) is 7.15. The van der Waals surface area contributed by atoms with Gasteiger partial charge in [-0.3, -0.25) is 0 Å². The van der Waals surface area contributed by atoms with Crippen LogP contribution in [0.4, 0.5) is 0 Å². The van der Waals surface area contributed by atoms with E-state index in [0.29, 0.717) is 0 Å². The molecule has 0 saturated heterocycles. The standard InChI is InChI=1S/C17H17BrO/c1-14-7-5-11-16(13-14)19-17(18)12-6-10-15-8-3-2-4-9-15/h2-5,7-9,11-13H,6,10H2,1H3/b17-12+. The third kappa shape index (κ3) is 4.92. The zero-order valence-electron chi connectivity index (χ0n) is 11.0. The molecule has 2 rings (SSSR count). The number of ether oxygens (including phenoxy) is 1. The topological polar surface area (TPSA) is 9.23 Å². The molecule has 0 aliphatic heterocycles. The molecule has 2 aromatic carbocycles. The first kappa shape index (κ1) is 13.9. The molecule has 0 amide bonds. The Labute approximate surface area is 123 Å². The van der Waals surface area contributed by atoms with E-state index in [9.17, 15) is 0 Å². The van der Waals surface area contributed by atoms with Crippen LogP contribution in [0.15, 0.2) is 65.3 Å². The number of aryl methyl sites for hydroxylation is 2. The second-order valence-electron chi connectivity index (χ2n) is 4.45. The fourth-order valence-electron chi connectivity index (χ4n) is 1.83. The fourth-order valence-corrected chi connectivity index (χ4v) is 2.25. The molecule has 0 atom stereocenters. The average Bonchev–Trinajstić information content (AvgIpc) is 2.40. The maximum absolute atomic E-state index is 5.71. The van der Waals surface area contributed by atoms with Gasteiger partial charge in [0.1, 0.15) is 5.75 Å². The SMILES string of the molecule is Cc1cccc(O/C(Br)=C/CCc2ccccc2)c1. The first-order valence-electron chi connectivity index (χ1n) is 6.38. The highest BCUT2D eigenvalue weighted by atomic mass is 79.9. The molecule has 0 fully saturated rings. The molecular weight excluding hydrogens is 300 g/mol. The summed E-state index contributed by atoms with van der Waals surface area (Å²) in [5.41, 5.74) is 2.54. The third-order valence-corrected chi connectivity index (χ3v) is 3.27.